The molecular formula is C23H19BrN2. The maximum atomic E-state index is 4.99. The molecule has 3 aromatic carbocycles. The van der Waals surface area contributed by atoms with E-state index in [0.717, 1.165) is 27.1 Å². The zero-order valence-corrected chi connectivity index (χ0v) is 16.1. The smallest absolute Gasteiger partial charge is 0.137 e. The Bertz CT molecular complexity index is 945. The van der Waals surface area contributed by atoms with E-state index >= 15 is 0 Å². The van der Waals surface area contributed by atoms with E-state index < -0.39 is 0 Å². The van der Waals surface area contributed by atoms with Gasteiger partial charge >= 0.3 is 0 Å². The van der Waals surface area contributed by atoms with E-state index in [1.807, 2.05) is 12.1 Å². The lowest BCUT2D eigenvalue weighted by Gasteiger charge is -2.33. The van der Waals surface area contributed by atoms with Gasteiger partial charge < -0.3 is 4.90 Å². The molecule has 1 aliphatic heterocycles. The van der Waals surface area contributed by atoms with E-state index in [-0.39, 0.29) is 6.04 Å². The van der Waals surface area contributed by atoms with Crippen molar-refractivity contribution in [2.24, 2.45) is 4.99 Å². The van der Waals surface area contributed by atoms with Crippen LogP contribution < -0.4 is 0 Å². The fourth-order valence-electron chi connectivity index (χ4n) is 3.23. The molecule has 1 atom stereocenters. The number of hydrogen-bond acceptors (Lipinski definition) is 2. The summed E-state index contributed by atoms with van der Waals surface area (Å²) in [5.41, 5.74) is 4.51. The monoisotopic (exact) mass is 402 g/mol. The first-order valence-corrected chi connectivity index (χ1v) is 9.41. The van der Waals surface area contributed by atoms with Crippen molar-refractivity contribution in [2.45, 2.75) is 6.04 Å². The number of amidine groups is 1. The Hall–Kier alpha value is -2.65. The number of halogens is 1. The molecular weight excluding hydrogens is 384 g/mol. The lowest BCUT2D eigenvalue weighted by Crippen LogP contribution is -2.33. The van der Waals surface area contributed by atoms with Crippen LogP contribution in [0.1, 0.15) is 22.7 Å². The minimum absolute atomic E-state index is 0.131. The van der Waals surface area contributed by atoms with Crippen LogP contribution in [0.15, 0.2) is 100 Å². The maximum Gasteiger partial charge on any atom is 0.137 e. The number of nitrogens with zero attached hydrogens (tertiary/aromatic N) is 2. The van der Waals surface area contributed by atoms with Crippen molar-refractivity contribution in [3.05, 3.63) is 112 Å². The summed E-state index contributed by atoms with van der Waals surface area (Å²) in [5, 5.41) is 0. The van der Waals surface area contributed by atoms with Gasteiger partial charge in [0.25, 0.3) is 0 Å². The second kappa shape index (κ2) is 7.30. The third-order valence-corrected chi connectivity index (χ3v) is 5.14. The molecule has 0 amide bonds. The molecule has 0 saturated heterocycles. The van der Waals surface area contributed by atoms with E-state index in [1.165, 1.54) is 5.56 Å². The molecule has 1 unspecified atom stereocenters. The van der Waals surface area contributed by atoms with Crippen molar-refractivity contribution in [3.8, 4) is 0 Å². The van der Waals surface area contributed by atoms with Crippen LogP contribution in [0.2, 0.25) is 0 Å². The molecule has 2 nitrogen and oxygen atoms in total. The predicted octanol–water partition coefficient (Wildman–Crippen LogP) is 5.92. The summed E-state index contributed by atoms with van der Waals surface area (Å²) in [4.78, 5) is 7.23. The van der Waals surface area contributed by atoms with Crippen LogP contribution >= 0.6 is 15.9 Å². The Morgan fingerprint density at radius 2 is 1.35 bits per heavy atom. The molecule has 0 N–H and O–H groups in total. The summed E-state index contributed by atoms with van der Waals surface area (Å²) >= 11 is 3.53. The predicted molar refractivity (Wildman–Crippen MR) is 112 cm³/mol. The van der Waals surface area contributed by atoms with Gasteiger partial charge in [0.2, 0.25) is 0 Å². The average molecular weight is 403 g/mol. The third-order valence-electron chi connectivity index (χ3n) is 4.61. The van der Waals surface area contributed by atoms with E-state index in [0.29, 0.717) is 0 Å². The Morgan fingerprint density at radius 1 is 0.769 bits per heavy atom. The molecule has 0 saturated carbocycles. The van der Waals surface area contributed by atoms with Crippen LogP contribution in [0.5, 0.6) is 0 Å². The first kappa shape index (κ1) is 16.8. The van der Waals surface area contributed by atoms with Crippen molar-refractivity contribution < 1.29 is 0 Å². The Kier molecular flexibility index (Phi) is 4.72. The summed E-state index contributed by atoms with van der Waals surface area (Å²) in [6.45, 7) is 0. The zero-order valence-electron chi connectivity index (χ0n) is 14.5. The van der Waals surface area contributed by atoms with Crippen LogP contribution in [-0.4, -0.2) is 17.8 Å². The van der Waals surface area contributed by atoms with Crippen molar-refractivity contribution in [1.29, 1.82) is 0 Å². The fraction of sp³-hybridized carbons (Fsp3) is 0.0870. The minimum atomic E-state index is 0.131. The largest absolute Gasteiger partial charge is 0.349 e. The molecule has 0 aliphatic carbocycles. The van der Waals surface area contributed by atoms with E-state index in [1.54, 1.807) is 0 Å². The third kappa shape index (κ3) is 3.35. The van der Waals surface area contributed by atoms with Crippen LogP contribution in [0.3, 0.4) is 0 Å². The Morgan fingerprint density at radius 3 is 1.96 bits per heavy atom. The SMILES string of the molecule is CN1C(c2ccccc2)=NC(c2ccccc2)=CC1c1ccc(Br)cc1. The fourth-order valence-corrected chi connectivity index (χ4v) is 3.49. The van der Waals surface area contributed by atoms with Crippen LogP contribution in [0.4, 0.5) is 0 Å². The van der Waals surface area contributed by atoms with Crippen molar-refractivity contribution in [1.82, 2.24) is 4.90 Å². The molecule has 1 aliphatic rings. The first-order valence-electron chi connectivity index (χ1n) is 8.62. The molecule has 0 spiro atoms. The van der Waals surface area contributed by atoms with Gasteiger partial charge in [0.1, 0.15) is 5.84 Å². The molecule has 128 valence electrons. The second-order valence-corrected chi connectivity index (χ2v) is 7.24. The molecule has 26 heavy (non-hydrogen) atoms. The van der Waals surface area contributed by atoms with Gasteiger partial charge in [0.15, 0.2) is 0 Å². The number of hydrogen-bond donors (Lipinski definition) is 0. The molecule has 0 radical (unpaired) electrons. The lowest BCUT2D eigenvalue weighted by molar-refractivity contribution is 0.435. The van der Waals surface area contributed by atoms with Gasteiger partial charge in [-0.05, 0) is 29.3 Å². The van der Waals surface area contributed by atoms with Crippen molar-refractivity contribution in [3.63, 3.8) is 0 Å². The molecule has 0 bridgehead atoms. The van der Waals surface area contributed by atoms with Gasteiger partial charge in [-0.15, -0.1) is 0 Å². The summed E-state index contributed by atoms with van der Waals surface area (Å²) in [5.74, 6) is 0.986. The van der Waals surface area contributed by atoms with Gasteiger partial charge in [-0.2, -0.15) is 0 Å². The van der Waals surface area contributed by atoms with Crippen molar-refractivity contribution in [2.75, 3.05) is 7.05 Å². The zero-order chi connectivity index (χ0) is 17.9. The van der Waals surface area contributed by atoms with E-state index in [4.69, 9.17) is 4.99 Å². The van der Waals surface area contributed by atoms with Gasteiger partial charge in [-0.3, -0.25) is 0 Å². The molecule has 0 fully saturated rings. The standard InChI is InChI=1S/C23H19BrN2/c1-26-22(18-12-14-20(24)15-13-18)16-21(17-8-4-2-5-9-17)25-23(26)19-10-6-3-7-11-19/h2-16,22H,1H3. The van der Waals surface area contributed by atoms with E-state index in [2.05, 4.69) is 107 Å². The summed E-state index contributed by atoms with van der Waals surface area (Å²) in [7, 11) is 2.11. The number of likely N-dealkylation sites (N-methyl/N-ethyl adjacent to an activating group) is 1. The van der Waals surface area contributed by atoms with Gasteiger partial charge in [-0.25, -0.2) is 4.99 Å². The Balaban J connectivity index is 1.83. The number of benzene rings is 3. The van der Waals surface area contributed by atoms with Crippen LogP contribution in [0, 0.1) is 0 Å². The summed E-state index contributed by atoms with van der Waals surface area (Å²) in [6, 6.07) is 29.4. The molecule has 3 aromatic rings. The summed E-state index contributed by atoms with van der Waals surface area (Å²) < 4.78 is 1.09. The Labute approximate surface area is 162 Å². The van der Waals surface area contributed by atoms with Gasteiger partial charge in [0, 0.05) is 17.1 Å². The van der Waals surface area contributed by atoms with Crippen molar-refractivity contribution >= 4 is 27.5 Å². The topological polar surface area (TPSA) is 15.6 Å². The maximum absolute atomic E-state index is 4.99. The minimum Gasteiger partial charge on any atom is -0.349 e. The normalized spacial score (nSPS) is 16.8. The van der Waals surface area contributed by atoms with Crippen LogP contribution in [0.25, 0.3) is 5.70 Å². The molecule has 1 heterocycles. The highest BCUT2D eigenvalue weighted by molar-refractivity contribution is 9.10. The average Bonchev–Trinajstić information content (AvgIpc) is 2.70. The highest BCUT2D eigenvalue weighted by atomic mass is 79.9. The van der Waals surface area contributed by atoms with E-state index in [9.17, 15) is 0 Å². The van der Waals surface area contributed by atoms with Crippen LogP contribution in [-0.2, 0) is 0 Å². The molecule has 4 rings (SSSR count). The highest BCUT2D eigenvalue weighted by Crippen LogP contribution is 2.33. The highest BCUT2D eigenvalue weighted by Gasteiger charge is 2.25. The number of aliphatic imine (C=N–C) groups is 1. The van der Waals surface area contributed by atoms with Gasteiger partial charge in [0.05, 0.1) is 11.7 Å². The number of rotatable bonds is 3. The quantitative estimate of drug-likeness (QED) is 0.530. The first-order chi connectivity index (χ1) is 12.7. The van der Waals surface area contributed by atoms with Gasteiger partial charge in [-0.1, -0.05) is 88.7 Å². The summed E-state index contributed by atoms with van der Waals surface area (Å²) in [6.07, 6.45) is 2.24. The second-order valence-electron chi connectivity index (χ2n) is 6.33. The molecule has 0 aromatic heterocycles. The molecule has 3 heteroatoms. The lowest BCUT2D eigenvalue weighted by atomic mass is 9.99.